The molecule has 0 fully saturated rings. The van der Waals surface area contributed by atoms with Crippen LogP contribution < -0.4 is 16.2 Å². The highest BCUT2D eigenvalue weighted by atomic mass is 35.5. The van der Waals surface area contributed by atoms with Crippen molar-refractivity contribution >= 4 is 45.0 Å². The van der Waals surface area contributed by atoms with Gasteiger partial charge in [-0.1, -0.05) is 35.3 Å². The molecule has 29 heavy (non-hydrogen) atoms. The Kier molecular flexibility index (Phi) is 6.28. The lowest BCUT2D eigenvalue weighted by molar-refractivity contribution is 0.598. The number of nitrogens with one attached hydrogen (secondary N) is 1. The van der Waals surface area contributed by atoms with Crippen LogP contribution in [0.2, 0.25) is 10.0 Å². The van der Waals surface area contributed by atoms with Gasteiger partial charge in [-0.05, 0) is 48.7 Å². The van der Waals surface area contributed by atoms with Gasteiger partial charge in [0.1, 0.15) is 5.82 Å². The van der Waals surface area contributed by atoms with Crippen LogP contribution in [0.4, 0.5) is 11.8 Å². The van der Waals surface area contributed by atoms with Crippen LogP contribution in [0.25, 0.3) is 11.3 Å². The number of hydrogen-bond donors (Lipinski definition) is 3. The van der Waals surface area contributed by atoms with Crippen LogP contribution in [0.15, 0.2) is 47.4 Å². The van der Waals surface area contributed by atoms with Crippen molar-refractivity contribution in [3.05, 3.63) is 63.6 Å². The number of primary sulfonamides is 1. The molecule has 0 aliphatic heterocycles. The van der Waals surface area contributed by atoms with E-state index >= 15 is 0 Å². The van der Waals surface area contributed by atoms with Gasteiger partial charge in [0.25, 0.3) is 0 Å². The van der Waals surface area contributed by atoms with Crippen LogP contribution in [0.3, 0.4) is 0 Å². The number of nitrogens with zero attached hydrogens (tertiary/aromatic N) is 2. The second-order valence-electron chi connectivity index (χ2n) is 6.44. The van der Waals surface area contributed by atoms with Crippen molar-refractivity contribution in [1.82, 2.24) is 9.97 Å². The maximum Gasteiger partial charge on any atom is 0.238 e. The fraction of sp³-hybridized carbons (Fsp3) is 0.158. The first-order valence-corrected chi connectivity index (χ1v) is 10.9. The van der Waals surface area contributed by atoms with Gasteiger partial charge in [0.05, 0.1) is 20.6 Å². The molecule has 0 bridgehead atoms. The molecule has 3 aromatic rings. The molecule has 0 unspecified atom stereocenters. The Hall–Kier alpha value is -2.39. The lowest BCUT2D eigenvalue weighted by Gasteiger charge is -2.11. The van der Waals surface area contributed by atoms with Gasteiger partial charge in [0.2, 0.25) is 16.0 Å². The van der Waals surface area contributed by atoms with Crippen molar-refractivity contribution in [3.8, 4) is 11.3 Å². The first kappa shape index (κ1) is 21.3. The Morgan fingerprint density at radius 3 is 2.34 bits per heavy atom. The number of nitrogen functional groups attached to an aromatic ring is 1. The van der Waals surface area contributed by atoms with Crippen LogP contribution in [-0.2, 0) is 16.4 Å². The summed E-state index contributed by atoms with van der Waals surface area (Å²) >= 11 is 12.2. The third-order valence-corrected chi connectivity index (χ3v) is 5.91. The first-order valence-electron chi connectivity index (χ1n) is 8.59. The highest BCUT2D eigenvalue weighted by molar-refractivity contribution is 7.89. The van der Waals surface area contributed by atoms with Crippen molar-refractivity contribution < 1.29 is 8.42 Å². The van der Waals surface area contributed by atoms with E-state index in [0.717, 1.165) is 16.7 Å². The minimum Gasteiger partial charge on any atom is -0.370 e. The van der Waals surface area contributed by atoms with E-state index in [4.69, 9.17) is 34.1 Å². The summed E-state index contributed by atoms with van der Waals surface area (Å²) in [4.78, 5) is 8.58. The van der Waals surface area contributed by atoms with Gasteiger partial charge in [0, 0.05) is 18.2 Å². The number of nitrogens with two attached hydrogens (primary N) is 2. The zero-order valence-corrected chi connectivity index (χ0v) is 17.8. The predicted octanol–water partition coefficient (Wildman–Crippen LogP) is 3.64. The van der Waals surface area contributed by atoms with E-state index in [2.05, 4.69) is 15.3 Å². The molecule has 1 heterocycles. The van der Waals surface area contributed by atoms with Crippen LogP contribution in [-0.4, -0.2) is 24.9 Å². The summed E-state index contributed by atoms with van der Waals surface area (Å²) < 4.78 is 22.6. The highest BCUT2D eigenvalue weighted by Gasteiger charge is 2.11. The standard InChI is InChI=1S/C19H19Cl2N5O2S/c1-11-8-15(20)16(21)9-14(11)17-10-18(26-19(22)25-17)24-7-6-12-2-4-13(5-3-12)29(23,27)28/h2-5,8-10H,6-7H2,1H3,(H2,23,27,28)(H3,22,24,25,26). The van der Waals surface area contributed by atoms with E-state index in [1.54, 1.807) is 30.3 Å². The lowest BCUT2D eigenvalue weighted by atomic mass is 10.1. The van der Waals surface area contributed by atoms with Crippen molar-refractivity contribution in [3.63, 3.8) is 0 Å². The Labute approximate surface area is 179 Å². The largest absolute Gasteiger partial charge is 0.370 e. The summed E-state index contributed by atoms with van der Waals surface area (Å²) in [6.07, 6.45) is 0.649. The van der Waals surface area contributed by atoms with Gasteiger partial charge in [0.15, 0.2) is 0 Å². The molecule has 0 spiro atoms. The average molecular weight is 452 g/mol. The number of aromatic nitrogens is 2. The fourth-order valence-corrected chi connectivity index (χ4v) is 3.69. The summed E-state index contributed by atoms with van der Waals surface area (Å²) in [5.74, 6) is 0.701. The van der Waals surface area contributed by atoms with Crippen molar-refractivity contribution in [1.29, 1.82) is 0 Å². The third kappa shape index (κ3) is 5.36. The van der Waals surface area contributed by atoms with E-state index in [1.807, 2.05) is 6.92 Å². The van der Waals surface area contributed by atoms with Gasteiger partial charge in [-0.2, -0.15) is 4.98 Å². The van der Waals surface area contributed by atoms with E-state index in [9.17, 15) is 8.42 Å². The summed E-state index contributed by atoms with van der Waals surface area (Å²) in [5.41, 5.74) is 9.18. The molecule has 0 saturated heterocycles. The number of hydrogen-bond acceptors (Lipinski definition) is 6. The molecule has 7 nitrogen and oxygen atoms in total. The Morgan fingerprint density at radius 2 is 1.69 bits per heavy atom. The second kappa shape index (κ2) is 8.54. The Balaban J connectivity index is 1.73. The highest BCUT2D eigenvalue weighted by Crippen LogP contribution is 2.32. The minimum absolute atomic E-state index is 0.0828. The van der Waals surface area contributed by atoms with Gasteiger partial charge in [-0.3, -0.25) is 0 Å². The first-order chi connectivity index (χ1) is 13.6. The monoisotopic (exact) mass is 451 g/mol. The molecule has 0 atom stereocenters. The number of aryl methyl sites for hydroxylation is 1. The quantitative estimate of drug-likeness (QED) is 0.525. The third-order valence-electron chi connectivity index (χ3n) is 4.26. The van der Waals surface area contributed by atoms with Crippen LogP contribution in [0, 0.1) is 6.92 Å². The minimum atomic E-state index is -3.69. The van der Waals surface area contributed by atoms with E-state index < -0.39 is 10.0 Å². The maximum absolute atomic E-state index is 11.3. The second-order valence-corrected chi connectivity index (χ2v) is 8.82. The smallest absolute Gasteiger partial charge is 0.238 e. The molecule has 10 heteroatoms. The number of sulfonamides is 1. The van der Waals surface area contributed by atoms with Crippen LogP contribution >= 0.6 is 23.2 Å². The summed E-state index contributed by atoms with van der Waals surface area (Å²) in [7, 11) is -3.69. The predicted molar refractivity (Wildman–Crippen MR) is 117 cm³/mol. The SMILES string of the molecule is Cc1cc(Cl)c(Cl)cc1-c1cc(NCCc2ccc(S(N)(=O)=O)cc2)nc(N)n1. The fourth-order valence-electron chi connectivity index (χ4n) is 2.80. The summed E-state index contributed by atoms with van der Waals surface area (Å²) in [6.45, 7) is 2.47. The molecule has 0 amide bonds. The summed E-state index contributed by atoms with van der Waals surface area (Å²) in [6, 6.07) is 11.7. The molecule has 1 aromatic heterocycles. The van der Waals surface area contributed by atoms with E-state index in [-0.39, 0.29) is 10.8 Å². The Bertz CT molecular complexity index is 1150. The molecule has 3 rings (SSSR count). The maximum atomic E-state index is 11.3. The van der Waals surface area contributed by atoms with Crippen molar-refractivity contribution in [2.45, 2.75) is 18.2 Å². The number of anilines is 2. The molecule has 152 valence electrons. The van der Waals surface area contributed by atoms with Gasteiger partial charge in [-0.15, -0.1) is 0 Å². The molecule has 0 aliphatic carbocycles. The molecule has 5 N–H and O–H groups in total. The van der Waals surface area contributed by atoms with Crippen LogP contribution in [0.1, 0.15) is 11.1 Å². The van der Waals surface area contributed by atoms with Crippen molar-refractivity contribution in [2.75, 3.05) is 17.6 Å². The van der Waals surface area contributed by atoms with E-state index in [0.29, 0.717) is 34.5 Å². The molecular weight excluding hydrogens is 433 g/mol. The van der Waals surface area contributed by atoms with Crippen LogP contribution in [0.5, 0.6) is 0 Å². The topological polar surface area (TPSA) is 124 Å². The zero-order valence-electron chi connectivity index (χ0n) is 15.5. The molecular formula is C19H19Cl2N5O2S. The average Bonchev–Trinajstić information content (AvgIpc) is 2.64. The van der Waals surface area contributed by atoms with Gasteiger partial charge in [-0.25, -0.2) is 18.5 Å². The molecule has 0 saturated carbocycles. The molecule has 2 aromatic carbocycles. The Morgan fingerprint density at radius 1 is 1.03 bits per heavy atom. The van der Waals surface area contributed by atoms with E-state index in [1.165, 1.54) is 12.1 Å². The van der Waals surface area contributed by atoms with Gasteiger partial charge < -0.3 is 11.1 Å². The number of rotatable bonds is 6. The molecule has 0 aliphatic rings. The number of halogens is 2. The lowest BCUT2D eigenvalue weighted by Crippen LogP contribution is -2.12. The van der Waals surface area contributed by atoms with Crippen molar-refractivity contribution in [2.24, 2.45) is 5.14 Å². The summed E-state index contributed by atoms with van der Waals surface area (Å²) in [5, 5.41) is 9.21. The number of benzene rings is 2. The molecule has 0 radical (unpaired) electrons. The van der Waals surface area contributed by atoms with Gasteiger partial charge >= 0.3 is 0 Å². The zero-order chi connectivity index (χ0) is 21.2. The normalized spacial score (nSPS) is 11.4.